The number of anilines is 1. The zero-order valence-electron chi connectivity index (χ0n) is 11.3. The Kier molecular flexibility index (Phi) is 3.16. The third-order valence-corrected chi connectivity index (χ3v) is 4.97. The van der Waals surface area contributed by atoms with Crippen molar-refractivity contribution in [3.63, 3.8) is 0 Å². The molecule has 0 aromatic carbocycles. The van der Waals surface area contributed by atoms with Crippen LogP contribution in [0.3, 0.4) is 0 Å². The molecule has 2 fully saturated rings. The Morgan fingerprint density at radius 3 is 3.00 bits per heavy atom. The third kappa shape index (κ3) is 2.55. The summed E-state index contributed by atoms with van der Waals surface area (Å²) in [7, 11) is 0. The summed E-state index contributed by atoms with van der Waals surface area (Å²) in [5.74, 6) is 0.950. The second kappa shape index (κ2) is 5.14. The first-order valence-corrected chi connectivity index (χ1v) is 8.13. The Morgan fingerprint density at radius 2 is 2.20 bits per heavy atom. The standard InChI is InChI=1S/C15H18N4S/c1-2-14(20-7-1)13-8-15(17-10-16-13)18-11-5-6-19(9-11)12-3-4-12/h1-2,7-8,10-12H,3-6,9H2,(H,16,17,18). The molecule has 0 spiro atoms. The number of hydrogen-bond donors (Lipinski definition) is 1. The van der Waals surface area contributed by atoms with E-state index in [4.69, 9.17) is 0 Å². The molecule has 4 rings (SSSR count). The van der Waals surface area contributed by atoms with Crippen LogP contribution < -0.4 is 5.32 Å². The van der Waals surface area contributed by atoms with Crippen LogP contribution >= 0.6 is 11.3 Å². The van der Waals surface area contributed by atoms with Gasteiger partial charge in [-0.25, -0.2) is 9.97 Å². The van der Waals surface area contributed by atoms with E-state index in [2.05, 4.69) is 43.8 Å². The molecule has 0 bridgehead atoms. The molecule has 5 heteroatoms. The van der Waals surface area contributed by atoms with Gasteiger partial charge in [-0.2, -0.15) is 0 Å². The summed E-state index contributed by atoms with van der Waals surface area (Å²) in [6.45, 7) is 2.38. The fourth-order valence-corrected chi connectivity index (χ4v) is 3.57. The topological polar surface area (TPSA) is 41.0 Å². The lowest BCUT2D eigenvalue weighted by molar-refractivity contribution is 0.326. The number of thiophene rings is 1. The molecule has 1 saturated heterocycles. The fourth-order valence-electron chi connectivity index (χ4n) is 2.88. The van der Waals surface area contributed by atoms with E-state index in [1.165, 1.54) is 30.7 Å². The zero-order chi connectivity index (χ0) is 13.4. The number of hydrogen-bond acceptors (Lipinski definition) is 5. The van der Waals surface area contributed by atoms with Crippen LogP contribution in [0.2, 0.25) is 0 Å². The van der Waals surface area contributed by atoms with Crippen molar-refractivity contribution in [3.8, 4) is 10.6 Å². The van der Waals surface area contributed by atoms with Crippen molar-refractivity contribution in [3.05, 3.63) is 29.9 Å². The maximum Gasteiger partial charge on any atom is 0.130 e. The highest BCUT2D eigenvalue weighted by atomic mass is 32.1. The van der Waals surface area contributed by atoms with Crippen LogP contribution in [0.5, 0.6) is 0 Å². The lowest BCUT2D eigenvalue weighted by atomic mass is 10.2. The highest BCUT2D eigenvalue weighted by Gasteiger charge is 2.34. The summed E-state index contributed by atoms with van der Waals surface area (Å²) >= 11 is 1.71. The predicted octanol–water partition coefficient (Wildman–Crippen LogP) is 2.85. The van der Waals surface area contributed by atoms with Crippen LogP contribution in [0.1, 0.15) is 19.3 Å². The average molecular weight is 286 g/mol. The van der Waals surface area contributed by atoms with E-state index in [9.17, 15) is 0 Å². The monoisotopic (exact) mass is 286 g/mol. The van der Waals surface area contributed by atoms with Gasteiger partial charge in [-0.3, -0.25) is 4.90 Å². The molecule has 4 nitrogen and oxygen atoms in total. The highest BCUT2D eigenvalue weighted by molar-refractivity contribution is 7.13. The Morgan fingerprint density at radius 1 is 1.25 bits per heavy atom. The van der Waals surface area contributed by atoms with Crippen molar-refractivity contribution in [1.29, 1.82) is 0 Å². The summed E-state index contributed by atoms with van der Waals surface area (Å²) in [6, 6.07) is 7.61. The molecule has 0 amide bonds. The summed E-state index contributed by atoms with van der Waals surface area (Å²) in [5, 5.41) is 5.65. The van der Waals surface area contributed by atoms with E-state index in [1.807, 2.05) is 0 Å². The Hall–Kier alpha value is -1.46. The minimum atomic E-state index is 0.529. The maximum atomic E-state index is 4.36. The van der Waals surface area contributed by atoms with Crippen LogP contribution in [-0.4, -0.2) is 40.0 Å². The van der Waals surface area contributed by atoms with Crippen LogP contribution in [0, 0.1) is 0 Å². The van der Waals surface area contributed by atoms with Gasteiger partial charge < -0.3 is 5.32 Å². The van der Waals surface area contributed by atoms with E-state index >= 15 is 0 Å². The largest absolute Gasteiger partial charge is 0.366 e. The minimum absolute atomic E-state index is 0.529. The van der Waals surface area contributed by atoms with Gasteiger partial charge in [-0.05, 0) is 30.7 Å². The first kappa shape index (κ1) is 12.3. The van der Waals surface area contributed by atoms with Crippen molar-refractivity contribution >= 4 is 17.2 Å². The van der Waals surface area contributed by atoms with Gasteiger partial charge in [0.2, 0.25) is 0 Å². The first-order valence-electron chi connectivity index (χ1n) is 7.25. The molecule has 1 unspecified atom stereocenters. The average Bonchev–Trinajstić information content (AvgIpc) is 3.00. The molecule has 2 aromatic rings. The van der Waals surface area contributed by atoms with Gasteiger partial charge in [0.05, 0.1) is 10.6 Å². The fraction of sp³-hybridized carbons (Fsp3) is 0.467. The lowest BCUT2D eigenvalue weighted by Crippen LogP contribution is -2.28. The SMILES string of the molecule is c1csc(-c2cc(NC3CCN(C4CC4)C3)ncn2)c1. The van der Waals surface area contributed by atoms with Crippen LogP contribution in [0.25, 0.3) is 10.6 Å². The van der Waals surface area contributed by atoms with Gasteiger partial charge in [0, 0.05) is 31.2 Å². The highest BCUT2D eigenvalue weighted by Crippen LogP contribution is 2.30. The molecule has 1 atom stereocenters. The number of nitrogens with one attached hydrogen (secondary N) is 1. The molecule has 2 aromatic heterocycles. The minimum Gasteiger partial charge on any atom is -0.366 e. The van der Waals surface area contributed by atoms with Gasteiger partial charge in [-0.1, -0.05) is 6.07 Å². The molecule has 1 saturated carbocycles. The van der Waals surface area contributed by atoms with Crippen LogP contribution in [0.15, 0.2) is 29.9 Å². The molecule has 1 aliphatic carbocycles. The summed E-state index contributed by atoms with van der Waals surface area (Å²) < 4.78 is 0. The van der Waals surface area contributed by atoms with Gasteiger partial charge in [-0.15, -0.1) is 11.3 Å². The number of likely N-dealkylation sites (tertiary alicyclic amines) is 1. The van der Waals surface area contributed by atoms with Crippen LogP contribution in [0.4, 0.5) is 5.82 Å². The third-order valence-electron chi connectivity index (χ3n) is 4.08. The number of aromatic nitrogens is 2. The van der Waals surface area contributed by atoms with Gasteiger partial charge in [0.1, 0.15) is 12.1 Å². The van der Waals surface area contributed by atoms with Crippen molar-refractivity contribution in [2.24, 2.45) is 0 Å². The van der Waals surface area contributed by atoms with Crippen molar-refractivity contribution in [2.45, 2.75) is 31.3 Å². The van der Waals surface area contributed by atoms with Crippen molar-refractivity contribution < 1.29 is 0 Å². The van der Waals surface area contributed by atoms with Crippen molar-refractivity contribution in [1.82, 2.24) is 14.9 Å². The van der Waals surface area contributed by atoms with E-state index in [1.54, 1.807) is 17.7 Å². The molecular weight excluding hydrogens is 268 g/mol. The summed E-state index contributed by atoms with van der Waals surface area (Å²) in [4.78, 5) is 12.5. The molecule has 3 heterocycles. The van der Waals surface area contributed by atoms with Crippen LogP contribution in [-0.2, 0) is 0 Å². The first-order chi connectivity index (χ1) is 9.88. The molecule has 2 aliphatic rings. The molecule has 1 N–H and O–H groups in total. The number of nitrogens with zero attached hydrogens (tertiary/aromatic N) is 3. The van der Waals surface area contributed by atoms with Crippen molar-refractivity contribution in [2.75, 3.05) is 18.4 Å². The Labute approximate surface area is 122 Å². The van der Waals surface area contributed by atoms with E-state index in [0.717, 1.165) is 24.1 Å². The quantitative estimate of drug-likeness (QED) is 0.938. The van der Waals surface area contributed by atoms with E-state index in [-0.39, 0.29) is 0 Å². The Balaban J connectivity index is 1.45. The molecule has 1 aliphatic heterocycles. The van der Waals surface area contributed by atoms with Gasteiger partial charge in [0.15, 0.2) is 0 Å². The molecule has 0 radical (unpaired) electrons. The second-order valence-corrected chi connectivity index (χ2v) is 6.57. The molecule has 104 valence electrons. The summed E-state index contributed by atoms with van der Waals surface area (Å²) in [6.07, 6.45) is 5.66. The number of rotatable bonds is 4. The van der Waals surface area contributed by atoms with E-state index < -0.39 is 0 Å². The Bertz CT molecular complexity index is 579. The van der Waals surface area contributed by atoms with Gasteiger partial charge in [0.25, 0.3) is 0 Å². The molecule has 20 heavy (non-hydrogen) atoms. The van der Waals surface area contributed by atoms with E-state index in [0.29, 0.717) is 6.04 Å². The smallest absolute Gasteiger partial charge is 0.130 e. The maximum absolute atomic E-state index is 4.36. The zero-order valence-corrected chi connectivity index (χ0v) is 12.1. The second-order valence-electron chi connectivity index (χ2n) is 5.62. The normalized spacial score (nSPS) is 23.1. The van der Waals surface area contributed by atoms with Gasteiger partial charge >= 0.3 is 0 Å². The summed E-state index contributed by atoms with van der Waals surface area (Å²) in [5.41, 5.74) is 1.01. The molecular formula is C15H18N4S. The predicted molar refractivity (Wildman–Crippen MR) is 82.0 cm³/mol. The lowest BCUT2D eigenvalue weighted by Gasteiger charge is -2.16.